The van der Waals surface area contributed by atoms with Crippen LogP contribution in [0.4, 0.5) is 0 Å². The number of unbranched alkanes of at least 4 members (excludes halogenated alkanes) is 1. The van der Waals surface area contributed by atoms with Gasteiger partial charge in [-0.1, -0.05) is 29.3 Å². The molecule has 9 heteroatoms. The number of hydrogen-bond acceptors (Lipinski definition) is 4. The van der Waals surface area contributed by atoms with Crippen molar-refractivity contribution in [2.75, 3.05) is 26.8 Å². The molecule has 0 saturated carbocycles. The highest BCUT2D eigenvalue weighted by molar-refractivity contribution is 7.89. The van der Waals surface area contributed by atoms with Crippen LogP contribution in [-0.4, -0.2) is 62.4 Å². The molecule has 1 aromatic carbocycles. The molecule has 0 aliphatic carbocycles. The van der Waals surface area contributed by atoms with E-state index in [1.54, 1.807) is 18.1 Å². The molecular weight excluding hydrogens is 447 g/mol. The highest BCUT2D eigenvalue weighted by atomic mass is 35.5. The third-order valence-corrected chi connectivity index (χ3v) is 8.22. The largest absolute Gasteiger partial charge is 0.385 e. The smallest absolute Gasteiger partial charge is 0.244 e. The molecule has 166 valence electrons. The Morgan fingerprint density at radius 1 is 1.20 bits per heavy atom. The first-order valence-electron chi connectivity index (χ1n) is 10.2. The van der Waals surface area contributed by atoms with Crippen LogP contribution in [-0.2, 0) is 19.6 Å². The number of carbonyl (C=O) groups excluding carboxylic acids is 1. The van der Waals surface area contributed by atoms with Crippen LogP contribution in [0.25, 0.3) is 0 Å². The second kappa shape index (κ2) is 10.0. The predicted molar refractivity (Wildman–Crippen MR) is 118 cm³/mol. The number of rotatable bonds is 8. The molecule has 2 heterocycles. The van der Waals surface area contributed by atoms with Crippen molar-refractivity contribution in [2.24, 2.45) is 5.92 Å². The van der Waals surface area contributed by atoms with Crippen LogP contribution < -0.4 is 0 Å². The van der Waals surface area contributed by atoms with Gasteiger partial charge in [0.25, 0.3) is 0 Å². The molecule has 2 fully saturated rings. The highest BCUT2D eigenvalue weighted by Gasteiger charge is 2.49. The van der Waals surface area contributed by atoms with Crippen LogP contribution >= 0.6 is 23.2 Å². The first kappa shape index (κ1) is 23.5. The normalized spacial score (nSPS) is 25.2. The van der Waals surface area contributed by atoms with Gasteiger partial charge in [0.05, 0.1) is 4.90 Å². The number of fused-ring (bicyclic) bond motifs is 2. The summed E-state index contributed by atoms with van der Waals surface area (Å²) < 4.78 is 33.8. The zero-order chi connectivity index (χ0) is 21.9. The molecule has 2 saturated heterocycles. The van der Waals surface area contributed by atoms with E-state index in [1.807, 2.05) is 0 Å². The van der Waals surface area contributed by atoms with E-state index >= 15 is 0 Å². The molecule has 1 aromatic rings. The molecule has 2 aliphatic rings. The van der Waals surface area contributed by atoms with Gasteiger partial charge in [-0.15, -0.1) is 6.58 Å². The number of nitrogens with zero attached hydrogens (tertiary/aromatic N) is 2. The van der Waals surface area contributed by atoms with Crippen molar-refractivity contribution in [3.8, 4) is 0 Å². The molecule has 0 N–H and O–H groups in total. The van der Waals surface area contributed by atoms with Crippen LogP contribution in [0.2, 0.25) is 10.0 Å². The Balaban J connectivity index is 1.97. The monoisotopic (exact) mass is 474 g/mol. The lowest BCUT2D eigenvalue weighted by molar-refractivity contribution is -0.135. The fraction of sp³-hybridized carbons (Fsp3) is 0.571. The lowest BCUT2D eigenvalue weighted by atomic mass is 9.90. The van der Waals surface area contributed by atoms with Gasteiger partial charge in [-0.2, -0.15) is 4.31 Å². The summed E-state index contributed by atoms with van der Waals surface area (Å²) in [5.41, 5.74) is 0. The van der Waals surface area contributed by atoms with Crippen molar-refractivity contribution in [2.45, 2.75) is 49.1 Å². The lowest BCUT2D eigenvalue weighted by Crippen LogP contribution is -2.54. The summed E-state index contributed by atoms with van der Waals surface area (Å²) >= 11 is 12.1. The van der Waals surface area contributed by atoms with E-state index in [2.05, 4.69) is 6.58 Å². The first-order valence-corrected chi connectivity index (χ1v) is 12.4. The molecule has 2 aliphatic heterocycles. The summed E-state index contributed by atoms with van der Waals surface area (Å²) in [7, 11) is -2.32. The number of halogens is 2. The minimum atomic E-state index is -3.97. The molecule has 0 spiro atoms. The van der Waals surface area contributed by atoms with Crippen molar-refractivity contribution in [1.29, 1.82) is 0 Å². The van der Waals surface area contributed by atoms with Gasteiger partial charge >= 0.3 is 0 Å². The zero-order valence-electron chi connectivity index (χ0n) is 17.1. The van der Waals surface area contributed by atoms with Gasteiger partial charge in [0.1, 0.15) is 6.04 Å². The van der Waals surface area contributed by atoms with Crippen molar-refractivity contribution in [3.63, 3.8) is 0 Å². The van der Waals surface area contributed by atoms with Gasteiger partial charge < -0.3 is 9.64 Å². The van der Waals surface area contributed by atoms with Crippen LogP contribution in [0.3, 0.4) is 0 Å². The van der Waals surface area contributed by atoms with E-state index in [4.69, 9.17) is 27.9 Å². The average molecular weight is 475 g/mol. The maximum atomic E-state index is 13.7. The van der Waals surface area contributed by atoms with Gasteiger partial charge in [0, 0.05) is 48.8 Å². The van der Waals surface area contributed by atoms with Gasteiger partial charge in [0.2, 0.25) is 15.9 Å². The number of methoxy groups -OCH3 is 1. The molecule has 1 amide bonds. The topological polar surface area (TPSA) is 66.9 Å². The summed E-state index contributed by atoms with van der Waals surface area (Å²) in [5, 5.41) is 0.486. The van der Waals surface area contributed by atoms with Gasteiger partial charge in [-0.05, 0) is 50.3 Å². The van der Waals surface area contributed by atoms with E-state index in [0.717, 1.165) is 19.3 Å². The molecule has 30 heavy (non-hydrogen) atoms. The van der Waals surface area contributed by atoms with Crippen LogP contribution in [0.15, 0.2) is 35.7 Å². The van der Waals surface area contributed by atoms with Crippen molar-refractivity contribution in [3.05, 3.63) is 40.9 Å². The van der Waals surface area contributed by atoms with Crippen molar-refractivity contribution >= 4 is 39.1 Å². The van der Waals surface area contributed by atoms with Crippen LogP contribution in [0, 0.1) is 5.92 Å². The van der Waals surface area contributed by atoms with Crippen LogP contribution in [0.5, 0.6) is 0 Å². The fourth-order valence-electron chi connectivity index (χ4n) is 4.45. The standard InChI is InChI=1S/C21H28Cl2N2O4S/c1-3-15-14-24(9-4-5-10-29-2)21(26)20-8-6-7-19(15)25(20)30(27,28)18-12-16(22)11-17(23)13-18/h3,11-13,15,19-20H,1,4-10,14H2,2H3/t15-,19?,20?/m0/s1. The van der Waals surface area contributed by atoms with E-state index in [9.17, 15) is 13.2 Å². The summed E-state index contributed by atoms with van der Waals surface area (Å²) in [6.45, 7) is 5.62. The molecule has 3 atom stereocenters. The molecule has 3 rings (SSSR count). The highest BCUT2D eigenvalue weighted by Crippen LogP contribution is 2.38. The number of sulfonamides is 1. The Hall–Kier alpha value is -1.12. The van der Waals surface area contributed by atoms with Crippen LogP contribution in [0.1, 0.15) is 32.1 Å². The SMILES string of the molecule is C=C[C@H]1CN(CCCCOC)C(=O)C2CCCC1N2S(=O)(=O)c1cc(Cl)cc(Cl)c1. The summed E-state index contributed by atoms with van der Waals surface area (Å²) in [5.74, 6) is -0.288. The van der Waals surface area contributed by atoms with Crippen molar-refractivity contribution in [1.82, 2.24) is 9.21 Å². The van der Waals surface area contributed by atoms with Gasteiger partial charge in [-0.3, -0.25) is 4.79 Å². The third kappa shape index (κ3) is 4.86. The number of piperidine rings is 1. The second-order valence-corrected chi connectivity index (χ2v) is 10.6. The number of ether oxygens (including phenoxy) is 1. The summed E-state index contributed by atoms with van der Waals surface area (Å²) in [4.78, 5) is 15.2. The van der Waals surface area contributed by atoms with E-state index in [1.165, 1.54) is 22.5 Å². The molecule has 0 radical (unpaired) electrons. The Morgan fingerprint density at radius 3 is 2.53 bits per heavy atom. The number of hydrogen-bond donors (Lipinski definition) is 0. The fourth-order valence-corrected chi connectivity index (χ4v) is 7.04. The first-order chi connectivity index (χ1) is 14.3. The lowest BCUT2D eigenvalue weighted by Gasteiger charge is -2.40. The summed E-state index contributed by atoms with van der Waals surface area (Å²) in [6.07, 6.45) is 5.41. The molecule has 0 aromatic heterocycles. The van der Waals surface area contributed by atoms with E-state index < -0.39 is 16.1 Å². The predicted octanol–water partition coefficient (Wildman–Crippen LogP) is 3.98. The Morgan fingerprint density at radius 2 is 1.90 bits per heavy atom. The number of amides is 1. The minimum Gasteiger partial charge on any atom is -0.385 e. The minimum absolute atomic E-state index is 0.0149. The van der Waals surface area contributed by atoms with E-state index in [-0.39, 0.29) is 32.8 Å². The maximum absolute atomic E-state index is 13.7. The number of carbonyl (C=O) groups is 1. The van der Waals surface area contributed by atoms with Gasteiger partial charge in [-0.25, -0.2) is 8.42 Å². The molecular formula is C21H28Cl2N2O4S. The zero-order valence-corrected chi connectivity index (χ0v) is 19.4. The van der Waals surface area contributed by atoms with Gasteiger partial charge in [0.15, 0.2) is 0 Å². The molecule has 2 bridgehead atoms. The quantitative estimate of drug-likeness (QED) is 0.422. The van der Waals surface area contributed by atoms with Crippen molar-refractivity contribution < 1.29 is 17.9 Å². The second-order valence-electron chi connectivity index (χ2n) is 7.84. The Bertz CT molecular complexity index is 873. The number of benzene rings is 1. The Kier molecular flexibility index (Phi) is 7.85. The molecule has 6 nitrogen and oxygen atoms in total. The average Bonchev–Trinajstić information content (AvgIpc) is 2.77. The third-order valence-electron chi connectivity index (χ3n) is 5.87. The maximum Gasteiger partial charge on any atom is 0.244 e. The summed E-state index contributed by atoms with van der Waals surface area (Å²) in [6, 6.07) is 3.22. The van der Waals surface area contributed by atoms with E-state index in [0.29, 0.717) is 32.5 Å². The Labute approximate surface area is 188 Å². The molecule has 2 unspecified atom stereocenters.